The van der Waals surface area contributed by atoms with Crippen LogP contribution in [-0.4, -0.2) is 29.8 Å². The summed E-state index contributed by atoms with van der Waals surface area (Å²) >= 11 is 0. The fraction of sp³-hybridized carbons (Fsp3) is 0.583. The minimum absolute atomic E-state index is 0.214. The predicted octanol–water partition coefficient (Wildman–Crippen LogP) is 1.06. The highest BCUT2D eigenvalue weighted by Crippen LogP contribution is 2.14. The predicted molar refractivity (Wildman–Crippen MR) is 66.5 cm³/mol. The molecule has 0 bridgehead atoms. The SMILES string of the molecule is CCN(CCCO)c1cc(CN)cc(C)n1. The number of aromatic nitrogens is 1. The smallest absolute Gasteiger partial charge is 0.129 e. The van der Waals surface area contributed by atoms with Crippen molar-refractivity contribution in [3.05, 3.63) is 23.4 Å². The van der Waals surface area contributed by atoms with E-state index in [0.29, 0.717) is 6.54 Å². The topological polar surface area (TPSA) is 62.4 Å². The molecule has 0 aliphatic carbocycles. The van der Waals surface area contributed by atoms with Crippen LogP contribution in [0.5, 0.6) is 0 Å². The molecule has 0 aliphatic heterocycles. The van der Waals surface area contributed by atoms with Gasteiger partial charge in [0.15, 0.2) is 0 Å². The second-order valence-corrected chi connectivity index (χ2v) is 3.84. The Morgan fingerprint density at radius 1 is 1.44 bits per heavy atom. The van der Waals surface area contributed by atoms with Gasteiger partial charge in [0.1, 0.15) is 5.82 Å². The molecule has 0 radical (unpaired) electrons. The van der Waals surface area contributed by atoms with E-state index in [-0.39, 0.29) is 6.61 Å². The fourth-order valence-corrected chi connectivity index (χ4v) is 1.70. The first-order chi connectivity index (χ1) is 7.71. The lowest BCUT2D eigenvalue weighted by Crippen LogP contribution is -2.26. The summed E-state index contributed by atoms with van der Waals surface area (Å²) in [5.74, 6) is 0.955. The molecule has 0 saturated heterocycles. The molecule has 4 heteroatoms. The third-order valence-corrected chi connectivity index (χ3v) is 2.53. The number of hydrogen-bond donors (Lipinski definition) is 2. The summed E-state index contributed by atoms with van der Waals surface area (Å²) < 4.78 is 0. The van der Waals surface area contributed by atoms with Crippen LogP contribution in [0.2, 0.25) is 0 Å². The molecule has 4 nitrogen and oxygen atoms in total. The Kier molecular flexibility index (Phi) is 5.22. The van der Waals surface area contributed by atoms with E-state index in [2.05, 4.69) is 16.8 Å². The van der Waals surface area contributed by atoms with Crippen molar-refractivity contribution >= 4 is 5.82 Å². The maximum Gasteiger partial charge on any atom is 0.129 e. The summed E-state index contributed by atoms with van der Waals surface area (Å²) in [6.45, 7) is 6.53. The summed E-state index contributed by atoms with van der Waals surface area (Å²) in [7, 11) is 0. The number of anilines is 1. The van der Waals surface area contributed by atoms with Gasteiger partial charge in [-0.15, -0.1) is 0 Å². The molecule has 0 spiro atoms. The van der Waals surface area contributed by atoms with Gasteiger partial charge in [0.05, 0.1) is 0 Å². The third-order valence-electron chi connectivity index (χ3n) is 2.53. The van der Waals surface area contributed by atoms with Crippen LogP contribution >= 0.6 is 0 Å². The van der Waals surface area contributed by atoms with Crippen LogP contribution in [0.15, 0.2) is 12.1 Å². The quantitative estimate of drug-likeness (QED) is 0.757. The highest BCUT2D eigenvalue weighted by molar-refractivity contribution is 5.42. The van der Waals surface area contributed by atoms with Crippen LogP contribution in [0.25, 0.3) is 0 Å². The van der Waals surface area contributed by atoms with Crippen molar-refractivity contribution < 1.29 is 5.11 Å². The van der Waals surface area contributed by atoms with Crippen LogP contribution in [0.1, 0.15) is 24.6 Å². The molecule has 0 amide bonds. The first-order valence-corrected chi connectivity index (χ1v) is 5.74. The number of aryl methyl sites for hydroxylation is 1. The number of pyridine rings is 1. The van der Waals surface area contributed by atoms with Gasteiger partial charge in [-0.3, -0.25) is 0 Å². The number of rotatable bonds is 6. The van der Waals surface area contributed by atoms with E-state index in [1.807, 2.05) is 19.1 Å². The van der Waals surface area contributed by atoms with Crippen molar-refractivity contribution in [2.45, 2.75) is 26.8 Å². The summed E-state index contributed by atoms with van der Waals surface area (Å²) in [6.07, 6.45) is 0.765. The van der Waals surface area contributed by atoms with E-state index >= 15 is 0 Å². The molecule has 16 heavy (non-hydrogen) atoms. The summed E-state index contributed by atoms with van der Waals surface area (Å²) in [5.41, 5.74) is 7.73. The van der Waals surface area contributed by atoms with Gasteiger partial charge in [-0.2, -0.15) is 0 Å². The van der Waals surface area contributed by atoms with Gasteiger partial charge in [-0.05, 0) is 38.0 Å². The molecule has 0 aliphatic rings. The first kappa shape index (κ1) is 12.9. The van der Waals surface area contributed by atoms with E-state index in [4.69, 9.17) is 10.8 Å². The zero-order valence-electron chi connectivity index (χ0n) is 10.1. The molecule has 1 aromatic heterocycles. The largest absolute Gasteiger partial charge is 0.396 e. The lowest BCUT2D eigenvalue weighted by molar-refractivity contribution is 0.289. The van der Waals surface area contributed by atoms with E-state index in [1.165, 1.54) is 0 Å². The van der Waals surface area contributed by atoms with E-state index in [1.54, 1.807) is 0 Å². The fourth-order valence-electron chi connectivity index (χ4n) is 1.70. The Labute approximate surface area is 97.1 Å². The van der Waals surface area contributed by atoms with Crippen molar-refractivity contribution in [2.75, 3.05) is 24.6 Å². The molecule has 0 aromatic carbocycles. The Hall–Kier alpha value is -1.13. The molecule has 1 rings (SSSR count). The highest BCUT2D eigenvalue weighted by atomic mass is 16.3. The van der Waals surface area contributed by atoms with Crippen molar-refractivity contribution in [3.63, 3.8) is 0 Å². The number of nitrogens with zero attached hydrogens (tertiary/aromatic N) is 2. The maximum absolute atomic E-state index is 8.85. The monoisotopic (exact) mass is 223 g/mol. The molecule has 3 N–H and O–H groups in total. The Morgan fingerprint density at radius 3 is 2.75 bits per heavy atom. The zero-order valence-corrected chi connectivity index (χ0v) is 10.1. The Bertz CT molecular complexity index is 328. The van der Waals surface area contributed by atoms with Gasteiger partial charge in [-0.25, -0.2) is 4.98 Å². The number of aliphatic hydroxyl groups is 1. The van der Waals surface area contributed by atoms with E-state index < -0.39 is 0 Å². The van der Waals surface area contributed by atoms with Crippen LogP contribution < -0.4 is 10.6 Å². The highest BCUT2D eigenvalue weighted by Gasteiger charge is 2.07. The van der Waals surface area contributed by atoms with Crippen molar-refractivity contribution in [3.8, 4) is 0 Å². The van der Waals surface area contributed by atoms with Gasteiger partial charge in [0.2, 0.25) is 0 Å². The zero-order chi connectivity index (χ0) is 12.0. The van der Waals surface area contributed by atoms with Crippen molar-refractivity contribution in [1.29, 1.82) is 0 Å². The summed E-state index contributed by atoms with van der Waals surface area (Å²) in [6, 6.07) is 4.03. The molecule has 90 valence electrons. The molecular weight excluding hydrogens is 202 g/mol. The molecule has 1 heterocycles. The van der Waals surface area contributed by atoms with Crippen LogP contribution in [0.4, 0.5) is 5.82 Å². The standard InChI is InChI=1S/C12H21N3O/c1-3-15(5-4-6-16)12-8-11(9-13)7-10(2)14-12/h7-8,16H,3-6,9,13H2,1-2H3. The van der Waals surface area contributed by atoms with E-state index in [9.17, 15) is 0 Å². The summed E-state index contributed by atoms with van der Waals surface area (Å²) in [4.78, 5) is 6.65. The van der Waals surface area contributed by atoms with Crippen LogP contribution in [0.3, 0.4) is 0 Å². The molecule has 1 aromatic rings. The summed E-state index contributed by atoms with van der Waals surface area (Å²) in [5, 5.41) is 8.85. The first-order valence-electron chi connectivity index (χ1n) is 5.74. The maximum atomic E-state index is 8.85. The number of hydrogen-bond acceptors (Lipinski definition) is 4. The average molecular weight is 223 g/mol. The normalized spacial score (nSPS) is 10.5. The molecule has 0 fully saturated rings. The van der Waals surface area contributed by atoms with Gasteiger partial charge in [0, 0.05) is 31.9 Å². The lowest BCUT2D eigenvalue weighted by Gasteiger charge is -2.22. The Balaban J connectivity index is 2.86. The van der Waals surface area contributed by atoms with Crippen molar-refractivity contribution in [1.82, 2.24) is 4.98 Å². The minimum Gasteiger partial charge on any atom is -0.396 e. The Morgan fingerprint density at radius 2 is 2.19 bits per heavy atom. The molecule has 0 unspecified atom stereocenters. The third kappa shape index (κ3) is 3.47. The molecule has 0 saturated carbocycles. The number of nitrogens with two attached hydrogens (primary N) is 1. The molecule has 0 atom stereocenters. The lowest BCUT2D eigenvalue weighted by atomic mass is 10.2. The minimum atomic E-state index is 0.214. The second-order valence-electron chi connectivity index (χ2n) is 3.84. The second kappa shape index (κ2) is 6.45. The van der Waals surface area contributed by atoms with Gasteiger partial charge in [0.25, 0.3) is 0 Å². The van der Waals surface area contributed by atoms with Crippen molar-refractivity contribution in [2.24, 2.45) is 5.73 Å². The van der Waals surface area contributed by atoms with Gasteiger partial charge >= 0.3 is 0 Å². The van der Waals surface area contributed by atoms with E-state index in [0.717, 1.165) is 36.6 Å². The van der Waals surface area contributed by atoms with Gasteiger partial charge in [-0.1, -0.05) is 0 Å². The molecular formula is C12H21N3O. The van der Waals surface area contributed by atoms with Crippen LogP contribution in [0, 0.1) is 6.92 Å². The number of aliphatic hydroxyl groups excluding tert-OH is 1. The average Bonchev–Trinajstić information content (AvgIpc) is 2.29. The van der Waals surface area contributed by atoms with Crippen LogP contribution in [-0.2, 0) is 6.54 Å². The van der Waals surface area contributed by atoms with Gasteiger partial charge < -0.3 is 15.7 Å².